The molecule has 15 heavy (non-hydrogen) atoms. The Hall–Kier alpha value is -2.17. The average Bonchev–Trinajstić information content (AvgIpc) is 2.84. The Balaban J connectivity index is 2.23. The van der Waals surface area contributed by atoms with E-state index in [1.807, 2.05) is 23.8 Å². The molecule has 0 unspecified atom stereocenters. The molecule has 5 nitrogen and oxygen atoms in total. The molecule has 0 bridgehead atoms. The van der Waals surface area contributed by atoms with Crippen LogP contribution in [-0.2, 0) is 0 Å². The molecule has 0 saturated carbocycles. The first-order chi connectivity index (χ1) is 7.34. The Labute approximate surface area is 85.8 Å². The normalized spacial score (nSPS) is 11.0. The van der Waals surface area contributed by atoms with Gasteiger partial charge >= 0.3 is 0 Å². The third-order valence-electron chi connectivity index (χ3n) is 2.36. The van der Waals surface area contributed by atoms with Gasteiger partial charge < -0.3 is 9.55 Å². The van der Waals surface area contributed by atoms with Gasteiger partial charge in [-0.25, -0.2) is 15.0 Å². The summed E-state index contributed by atoms with van der Waals surface area (Å²) in [6.45, 7) is 1.95. The summed E-state index contributed by atoms with van der Waals surface area (Å²) in [7, 11) is 0. The van der Waals surface area contributed by atoms with Gasteiger partial charge in [-0.05, 0) is 13.0 Å². The molecule has 0 aliphatic heterocycles. The molecule has 3 aromatic heterocycles. The van der Waals surface area contributed by atoms with Crippen LogP contribution in [0.25, 0.3) is 16.9 Å². The zero-order valence-corrected chi connectivity index (χ0v) is 8.18. The SMILES string of the molecule is Cc1nccn1-c1cnc2[nH]cnc2c1. The molecule has 0 aliphatic rings. The van der Waals surface area contributed by atoms with Crippen molar-refractivity contribution in [2.75, 3.05) is 0 Å². The van der Waals surface area contributed by atoms with Gasteiger partial charge in [-0.3, -0.25) is 0 Å². The van der Waals surface area contributed by atoms with E-state index in [1.54, 1.807) is 18.7 Å². The summed E-state index contributed by atoms with van der Waals surface area (Å²) in [5, 5.41) is 0. The first kappa shape index (κ1) is 8.16. The maximum Gasteiger partial charge on any atom is 0.157 e. The highest BCUT2D eigenvalue weighted by Crippen LogP contribution is 2.13. The molecule has 3 rings (SSSR count). The smallest absolute Gasteiger partial charge is 0.157 e. The topological polar surface area (TPSA) is 59.4 Å². The van der Waals surface area contributed by atoms with Crippen molar-refractivity contribution in [3.8, 4) is 5.69 Å². The van der Waals surface area contributed by atoms with Gasteiger partial charge in [0.05, 0.1) is 18.2 Å². The van der Waals surface area contributed by atoms with Crippen molar-refractivity contribution in [1.82, 2.24) is 24.5 Å². The van der Waals surface area contributed by atoms with Crippen LogP contribution in [-0.4, -0.2) is 24.5 Å². The summed E-state index contributed by atoms with van der Waals surface area (Å²) in [4.78, 5) is 15.6. The minimum atomic E-state index is 0.802. The second kappa shape index (κ2) is 2.91. The van der Waals surface area contributed by atoms with Crippen LogP contribution in [0.5, 0.6) is 0 Å². The van der Waals surface area contributed by atoms with E-state index < -0.39 is 0 Å². The summed E-state index contributed by atoms with van der Waals surface area (Å²) < 4.78 is 1.97. The third kappa shape index (κ3) is 1.20. The van der Waals surface area contributed by atoms with Crippen molar-refractivity contribution in [2.24, 2.45) is 0 Å². The van der Waals surface area contributed by atoms with E-state index in [1.165, 1.54) is 0 Å². The highest BCUT2D eigenvalue weighted by molar-refractivity contribution is 5.72. The average molecular weight is 199 g/mol. The molecule has 0 atom stereocenters. The van der Waals surface area contributed by atoms with Crippen LogP contribution in [0.1, 0.15) is 5.82 Å². The predicted molar refractivity (Wildman–Crippen MR) is 55.7 cm³/mol. The van der Waals surface area contributed by atoms with Crippen molar-refractivity contribution >= 4 is 11.2 Å². The lowest BCUT2D eigenvalue weighted by molar-refractivity contribution is 0.968. The maximum absolute atomic E-state index is 4.27. The van der Waals surface area contributed by atoms with Crippen molar-refractivity contribution < 1.29 is 0 Å². The van der Waals surface area contributed by atoms with Crippen LogP contribution in [0.15, 0.2) is 31.0 Å². The Morgan fingerprint density at radius 2 is 2.20 bits per heavy atom. The van der Waals surface area contributed by atoms with E-state index >= 15 is 0 Å². The van der Waals surface area contributed by atoms with Gasteiger partial charge in [-0.2, -0.15) is 0 Å². The molecule has 1 N–H and O–H groups in total. The summed E-state index contributed by atoms with van der Waals surface area (Å²) >= 11 is 0. The Bertz CT molecular complexity index is 607. The molecule has 0 fully saturated rings. The number of rotatable bonds is 1. The second-order valence-electron chi connectivity index (χ2n) is 3.31. The van der Waals surface area contributed by atoms with E-state index in [0.717, 1.165) is 22.7 Å². The lowest BCUT2D eigenvalue weighted by atomic mass is 10.4. The highest BCUT2D eigenvalue weighted by Gasteiger charge is 2.03. The van der Waals surface area contributed by atoms with Gasteiger partial charge in [-0.1, -0.05) is 0 Å². The standard InChI is InChI=1S/C10H9N5/c1-7-11-2-3-15(7)8-4-9-10(12-5-8)14-6-13-9/h2-6H,1H3,(H,12,13,14). The van der Waals surface area contributed by atoms with Gasteiger partial charge in [-0.15, -0.1) is 0 Å². The summed E-state index contributed by atoms with van der Waals surface area (Å²) in [6.07, 6.45) is 7.12. The fourth-order valence-corrected chi connectivity index (χ4v) is 1.60. The van der Waals surface area contributed by atoms with Gasteiger partial charge in [0.25, 0.3) is 0 Å². The van der Waals surface area contributed by atoms with Crippen molar-refractivity contribution in [1.29, 1.82) is 0 Å². The molecule has 0 aliphatic carbocycles. The number of aryl methyl sites for hydroxylation is 1. The Kier molecular flexibility index (Phi) is 1.58. The van der Waals surface area contributed by atoms with E-state index in [-0.39, 0.29) is 0 Å². The van der Waals surface area contributed by atoms with Crippen LogP contribution in [0, 0.1) is 6.92 Å². The molecule has 0 saturated heterocycles. The number of nitrogens with one attached hydrogen (secondary N) is 1. The molecule has 0 aromatic carbocycles. The van der Waals surface area contributed by atoms with Gasteiger partial charge in [0.1, 0.15) is 11.3 Å². The number of aromatic amines is 1. The first-order valence-electron chi connectivity index (χ1n) is 4.64. The second-order valence-corrected chi connectivity index (χ2v) is 3.31. The monoisotopic (exact) mass is 199 g/mol. The lowest BCUT2D eigenvalue weighted by Gasteiger charge is -2.03. The number of hydrogen-bond donors (Lipinski definition) is 1. The minimum absolute atomic E-state index is 0.802. The lowest BCUT2D eigenvalue weighted by Crippen LogP contribution is -1.96. The van der Waals surface area contributed by atoms with E-state index in [9.17, 15) is 0 Å². The summed E-state index contributed by atoms with van der Waals surface area (Å²) in [5.41, 5.74) is 2.64. The van der Waals surface area contributed by atoms with Crippen LogP contribution in [0.4, 0.5) is 0 Å². The van der Waals surface area contributed by atoms with E-state index in [0.29, 0.717) is 0 Å². The first-order valence-corrected chi connectivity index (χ1v) is 4.64. The fourth-order valence-electron chi connectivity index (χ4n) is 1.60. The van der Waals surface area contributed by atoms with E-state index in [4.69, 9.17) is 0 Å². The van der Waals surface area contributed by atoms with Crippen LogP contribution >= 0.6 is 0 Å². The minimum Gasteiger partial charge on any atom is -0.329 e. The molecule has 3 aromatic rings. The zero-order chi connectivity index (χ0) is 10.3. The fraction of sp³-hybridized carbons (Fsp3) is 0.100. The number of aromatic nitrogens is 5. The molecule has 3 heterocycles. The van der Waals surface area contributed by atoms with Gasteiger partial charge in [0, 0.05) is 12.4 Å². The Morgan fingerprint density at radius 1 is 1.27 bits per heavy atom. The predicted octanol–water partition coefficient (Wildman–Crippen LogP) is 1.45. The molecule has 0 radical (unpaired) electrons. The molecule has 0 spiro atoms. The number of hydrogen-bond acceptors (Lipinski definition) is 3. The molecular formula is C10H9N5. The van der Waals surface area contributed by atoms with Crippen molar-refractivity contribution in [3.05, 3.63) is 36.8 Å². The quantitative estimate of drug-likeness (QED) is 0.645. The number of nitrogens with zero attached hydrogens (tertiary/aromatic N) is 4. The molecule has 0 amide bonds. The molecule has 5 heteroatoms. The number of fused-ring (bicyclic) bond motifs is 1. The van der Waals surface area contributed by atoms with Crippen molar-refractivity contribution in [2.45, 2.75) is 6.92 Å². The Morgan fingerprint density at radius 3 is 3.00 bits per heavy atom. The molecule has 74 valence electrons. The number of imidazole rings is 2. The van der Waals surface area contributed by atoms with Gasteiger partial charge in [0.15, 0.2) is 5.65 Å². The summed E-state index contributed by atoms with van der Waals surface area (Å²) in [6, 6.07) is 1.98. The van der Waals surface area contributed by atoms with E-state index in [2.05, 4.69) is 19.9 Å². The maximum atomic E-state index is 4.27. The number of pyridine rings is 1. The number of H-pyrrole nitrogens is 1. The zero-order valence-electron chi connectivity index (χ0n) is 8.18. The van der Waals surface area contributed by atoms with Crippen molar-refractivity contribution in [3.63, 3.8) is 0 Å². The van der Waals surface area contributed by atoms with Crippen LogP contribution in [0.3, 0.4) is 0 Å². The largest absolute Gasteiger partial charge is 0.329 e. The van der Waals surface area contributed by atoms with Crippen LogP contribution < -0.4 is 0 Å². The highest BCUT2D eigenvalue weighted by atomic mass is 15.1. The molecular weight excluding hydrogens is 190 g/mol. The third-order valence-corrected chi connectivity index (χ3v) is 2.36. The summed E-state index contributed by atoms with van der Waals surface area (Å²) in [5.74, 6) is 0.937. The van der Waals surface area contributed by atoms with Gasteiger partial charge in [0.2, 0.25) is 0 Å². The van der Waals surface area contributed by atoms with Crippen LogP contribution in [0.2, 0.25) is 0 Å².